The molecule has 1 N–H and O–H groups in total. The van der Waals surface area contributed by atoms with Gasteiger partial charge in [-0.25, -0.2) is 4.79 Å². The van der Waals surface area contributed by atoms with E-state index in [1.54, 1.807) is 11.0 Å². The zero-order chi connectivity index (χ0) is 32.3. The third-order valence-corrected chi connectivity index (χ3v) is 9.66. The van der Waals surface area contributed by atoms with Crippen molar-refractivity contribution in [1.82, 2.24) is 9.47 Å². The largest absolute Gasteiger partial charge is 0.733 e. The Morgan fingerprint density at radius 2 is 1.91 bits per heavy atom. The average molecular weight is 627 g/mol. The normalized spacial score (nSPS) is 19.6. The van der Waals surface area contributed by atoms with Crippen molar-refractivity contribution in [3.63, 3.8) is 0 Å². The van der Waals surface area contributed by atoms with Crippen LogP contribution in [0.25, 0.3) is 11.0 Å². The number of likely N-dealkylation sites (tertiary alicyclic amines) is 1. The van der Waals surface area contributed by atoms with Crippen LogP contribution in [0.3, 0.4) is 0 Å². The van der Waals surface area contributed by atoms with Gasteiger partial charge in [-0.2, -0.15) is 0 Å². The molecular formula is C35H36N3O8-. The number of hydrogen-bond donors (Lipinski definition) is 1. The summed E-state index contributed by atoms with van der Waals surface area (Å²) in [7, 11) is 0. The molecule has 3 aliphatic heterocycles. The lowest BCUT2D eigenvalue weighted by Crippen LogP contribution is -2.50. The molecule has 2 aromatic heterocycles. The molecule has 240 valence electrons. The van der Waals surface area contributed by atoms with Crippen LogP contribution in [0.5, 0.6) is 11.5 Å². The third kappa shape index (κ3) is 5.33. The monoisotopic (exact) mass is 626 g/mol. The van der Waals surface area contributed by atoms with Crippen molar-refractivity contribution in [2.75, 3.05) is 24.9 Å². The van der Waals surface area contributed by atoms with Gasteiger partial charge in [0.2, 0.25) is 0 Å². The highest BCUT2D eigenvalue weighted by molar-refractivity contribution is 5.92. The van der Waals surface area contributed by atoms with Gasteiger partial charge in [0.25, 0.3) is 11.5 Å². The van der Waals surface area contributed by atoms with Crippen LogP contribution in [-0.2, 0) is 24.2 Å². The number of nitrogens with zero attached hydrogens (tertiary/aromatic N) is 3. The fourth-order valence-electron chi connectivity index (χ4n) is 7.31. The van der Waals surface area contributed by atoms with Crippen molar-refractivity contribution in [3.8, 4) is 11.5 Å². The molecule has 2 atom stereocenters. The van der Waals surface area contributed by atoms with E-state index in [-0.39, 0.29) is 30.0 Å². The second-order valence-electron chi connectivity index (χ2n) is 13.3. The minimum absolute atomic E-state index is 0.0132. The number of ether oxygens (including phenoxy) is 2. The molecule has 7 rings (SSSR count). The SMILES string of the molecule is Cc1c(Cc2ccccc2)c(=O)oc2c3c(cc(OCC(=O)N4CC5CC(C4)c4ccc(N([O-])O)c(=O)n4C5)c12)OC(C)(C)CC3. The van der Waals surface area contributed by atoms with E-state index < -0.39 is 22.0 Å². The van der Waals surface area contributed by atoms with Crippen LogP contribution < -0.4 is 25.9 Å². The van der Waals surface area contributed by atoms with Crippen LogP contribution in [0.4, 0.5) is 5.69 Å². The van der Waals surface area contributed by atoms with Crippen LogP contribution in [0.1, 0.15) is 60.6 Å². The van der Waals surface area contributed by atoms with Gasteiger partial charge in [0, 0.05) is 54.9 Å². The molecule has 2 aromatic carbocycles. The van der Waals surface area contributed by atoms with Crippen molar-refractivity contribution in [3.05, 3.63) is 102 Å². The zero-order valence-corrected chi connectivity index (χ0v) is 26.1. The predicted octanol–water partition coefficient (Wildman–Crippen LogP) is 4.68. The summed E-state index contributed by atoms with van der Waals surface area (Å²) >= 11 is 0. The second kappa shape index (κ2) is 11.3. The molecule has 2 bridgehead atoms. The number of carbonyl (C=O) groups is 1. The Bertz CT molecular complexity index is 1960. The van der Waals surface area contributed by atoms with Crippen LogP contribution in [0, 0.1) is 18.0 Å². The summed E-state index contributed by atoms with van der Waals surface area (Å²) in [4.78, 5) is 41.6. The molecule has 4 aromatic rings. The number of aryl methyl sites for hydroxylation is 2. The highest BCUT2D eigenvalue weighted by Crippen LogP contribution is 2.43. The summed E-state index contributed by atoms with van der Waals surface area (Å²) in [6, 6.07) is 14.5. The van der Waals surface area contributed by atoms with Crippen molar-refractivity contribution < 1.29 is 23.9 Å². The fraction of sp³-hybridized carbons (Fsp3) is 0.400. The molecule has 11 heteroatoms. The quantitative estimate of drug-likeness (QED) is 0.239. The van der Waals surface area contributed by atoms with Crippen molar-refractivity contribution in [2.45, 2.75) is 64.5 Å². The minimum Gasteiger partial charge on any atom is -0.733 e. The summed E-state index contributed by atoms with van der Waals surface area (Å²) in [5, 5.41) is 21.0. The standard InChI is InChI=1S/C35H36N3O8/c1-20-25(14-21-7-5-4-6-8-21)34(41)45-32-24-11-12-35(2,3)46-28(24)15-29(31(20)32)44-19-30(39)36-16-22-13-23(18-36)26-9-10-27(38(42)43)33(40)37(26)17-22/h4-10,15,22-23,42H,11-14,16-19H2,1-3H3/q-1. The van der Waals surface area contributed by atoms with E-state index in [4.69, 9.17) is 13.9 Å². The van der Waals surface area contributed by atoms with E-state index in [9.17, 15) is 24.8 Å². The van der Waals surface area contributed by atoms with Crippen LogP contribution in [0.15, 0.2) is 62.5 Å². The first-order valence-electron chi connectivity index (χ1n) is 15.6. The van der Waals surface area contributed by atoms with E-state index in [2.05, 4.69) is 0 Å². The second-order valence-corrected chi connectivity index (χ2v) is 13.3. The fourth-order valence-corrected chi connectivity index (χ4v) is 7.31. The Labute approximate surface area is 265 Å². The number of carbonyl (C=O) groups excluding carboxylic acids is 1. The van der Waals surface area contributed by atoms with Crippen molar-refractivity contribution in [1.29, 1.82) is 0 Å². The number of aromatic nitrogens is 1. The molecule has 11 nitrogen and oxygen atoms in total. The zero-order valence-electron chi connectivity index (χ0n) is 26.1. The number of benzene rings is 2. The highest BCUT2D eigenvalue weighted by atomic mass is 16.8. The molecular weight excluding hydrogens is 590 g/mol. The van der Waals surface area contributed by atoms with Crippen molar-refractivity contribution >= 4 is 22.6 Å². The van der Waals surface area contributed by atoms with E-state index in [0.717, 1.165) is 35.2 Å². The predicted molar refractivity (Wildman–Crippen MR) is 171 cm³/mol. The van der Waals surface area contributed by atoms with Gasteiger partial charge < -0.3 is 33.8 Å². The summed E-state index contributed by atoms with van der Waals surface area (Å²) in [5.74, 6) is 0.726. The summed E-state index contributed by atoms with van der Waals surface area (Å²) < 4.78 is 20.2. The lowest BCUT2D eigenvalue weighted by Gasteiger charge is -2.43. The first kappa shape index (κ1) is 30.1. The van der Waals surface area contributed by atoms with Crippen molar-refractivity contribution in [2.24, 2.45) is 5.92 Å². The average Bonchev–Trinajstić information content (AvgIpc) is 3.01. The molecule has 46 heavy (non-hydrogen) atoms. The van der Waals surface area contributed by atoms with Crippen LogP contribution in [-0.4, -0.2) is 45.9 Å². The maximum absolute atomic E-state index is 13.6. The molecule has 0 saturated carbocycles. The van der Waals surface area contributed by atoms with E-state index >= 15 is 0 Å². The minimum atomic E-state index is -0.536. The molecule has 1 amide bonds. The van der Waals surface area contributed by atoms with Crippen LogP contribution in [0.2, 0.25) is 0 Å². The molecule has 1 fully saturated rings. The highest BCUT2D eigenvalue weighted by Gasteiger charge is 2.37. The number of pyridine rings is 1. The topological polar surface area (TPSA) is 138 Å². The number of anilines is 1. The maximum Gasteiger partial charge on any atom is 0.340 e. The van der Waals surface area contributed by atoms with Gasteiger partial charge in [-0.15, -0.1) is 0 Å². The molecule has 1 saturated heterocycles. The van der Waals surface area contributed by atoms with Gasteiger partial charge in [-0.3, -0.25) is 14.8 Å². The first-order valence-corrected chi connectivity index (χ1v) is 15.6. The van der Waals surface area contributed by atoms with Crippen LogP contribution >= 0.6 is 0 Å². The molecule has 2 unspecified atom stereocenters. The number of fused-ring (bicyclic) bond motifs is 7. The van der Waals surface area contributed by atoms with Gasteiger partial charge in [0.15, 0.2) is 6.61 Å². The number of rotatable bonds is 6. The smallest absolute Gasteiger partial charge is 0.340 e. The summed E-state index contributed by atoms with van der Waals surface area (Å²) in [6.07, 6.45) is 2.64. The lowest BCUT2D eigenvalue weighted by molar-refractivity contribution is -0.136. The van der Waals surface area contributed by atoms with Gasteiger partial charge in [-0.05, 0) is 69.2 Å². The lowest BCUT2D eigenvalue weighted by atomic mass is 9.83. The Balaban J connectivity index is 1.19. The van der Waals surface area contributed by atoms with Gasteiger partial charge in [-0.1, -0.05) is 30.3 Å². The van der Waals surface area contributed by atoms with E-state index in [1.165, 1.54) is 10.6 Å². The summed E-state index contributed by atoms with van der Waals surface area (Å²) in [5.41, 5.74) is 2.58. The molecule has 5 heterocycles. The van der Waals surface area contributed by atoms with Gasteiger partial charge in [0.05, 0.1) is 5.39 Å². The Morgan fingerprint density at radius 1 is 1.13 bits per heavy atom. The Morgan fingerprint density at radius 3 is 2.67 bits per heavy atom. The van der Waals surface area contributed by atoms with E-state index in [1.807, 2.05) is 57.2 Å². The number of amides is 1. The van der Waals surface area contributed by atoms with Gasteiger partial charge in [0.1, 0.15) is 28.4 Å². The molecule has 0 radical (unpaired) electrons. The first-order chi connectivity index (χ1) is 22.0. The Hall–Kier alpha value is -4.61. The third-order valence-electron chi connectivity index (χ3n) is 9.66. The molecule has 3 aliphatic rings. The van der Waals surface area contributed by atoms with Gasteiger partial charge >= 0.3 is 5.63 Å². The molecule has 0 aliphatic carbocycles. The number of hydrogen-bond acceptors (Lipinski definition) is 9. The molecule has 0 spiro atoms. The summed E-state index contributed by atoms with van der Waals surface area (Å²) in [6.45, 7) is 6.87. The Kier molecular flexibility index (Phi) is 7.40. The van der Waals surface area contributed by atoms with E-state index in [0.29, 0.717) is 60.5 Å². The maximum atomic E-state index is 13.6. The number of piperidine rings is 1.